The maximum absolute atomic E-state index is 12.2. The molecule has 7 heteroatoms. The van der Waals surface area contributed by atoms with Crippen molar-refractivity contribution in [2.45, 2.75) is 52.9 Å². The zero-order valence-corrected chi connectivity index (χ0v) is 16.9. The van der Waals surface area contributed by atoms with Gasteiger partial charge in [0, 0.05) is 24.2 Å². The molecule has 2 aliphatic rings. The molecule has 1 aromatic heterocycles. The van der Waals surface area contributed by atoms with Crippen molar-refractivity contribution in [1.29, 1.82) is 0 Å². The lowest BCUT2D eigenvalue weighted by Gasteiger charge is -2.34. The Hall–Kier alpha value is -1.47. The van der Waals surface area contributed by atoms with Crippen LogP contribution < -0.4 is 10.3 Å². The van der Waals surface area contributed by atoms with E-state index < -0.39 is 0 Å². The number of aromatic nitrogens is 1. The van der Waals surface area contributed by atoms with Crippen molar-refractivity contribution in [3.05, 3.63) is 11.1 Å². The first-order chi connectivity index (χ1) is 12.4. The number of anilines is 1. The molecule has 3 rings (SSSR count). The maximum atomic E-state index is 12.2. The highest BCUT2D eigenvalue weighted by atomic mass is 32.1. The molecule has 1 saturated carbocycles. The molecule has 1 saturated heterocycles. The molecular formula is C19H30N4O2S. The SMILES string of the molecule is CC(C)(C)C1CCC(=NNC(=O)Cc2csc(N3CCOCC3)n2)CC1. The van der Waals surface area contributed by atoms with E-state index in [1.807, 2.05) is 5.38 Å². The van der Waals surface area contributed by atoms with Crippen LogP contribution in [0.2, 0.25) is 0 Å². The van der Waals surface area contributed by atoms with Crippen LogP contribution in [0, 0.1) is 11.3 Å². The molecule has 0 atom stereocenters. The number of hydrogen-bond donors (Lipinski definition) is 1. The van der Waals surface area contributed by atoms with Crippen LogP contribution in [0.3, 0.4) is 0 Å². The monoisotopic (exact) mass is 378 g/mol. The van der Waals surface area contributed by atoms with Gasteiger partial charge in [-0.15, -0.1) is 11.3 Å². The zero-order chi connectivity index (χ0) is 18.6. The largest absolute Gasteiger partial charge is 0.378 e. The van der Waals surface area contributed by atoms with Gasteiger partial charge < -0.3 is 9.64 Å². The predicted octanol–water partition coefficient (Wildman–Crippen LogP) is 3.23. The van der Waals surface area contributed by atoms with Crippen LogP contribution in [-0.2, 0) is 16.0 Å². The molecule has 2 fully saturated rings. The third-order valence-electron chi connectivity index (χ3n) is 5.29. The summed E-state index contributed by atoms with van der Waals surface area (Å²) in [6.07, 6.45) is 4.57. The molecule has 0 unspecified atom stereocenters. The van der Waals surface area contributed by atoms with E-state index in [-0.39, 0.29) is 12.3 Å². The van der Waals surface area contributed by atoms with Crippen LogP contribution in [0.15, 0.2) is 10.5 Å². The average molecular weight is 379 g/mol. The van der Waals surface area contributed by atoms with E-state index in [1.54, 1.807) is 11.3 Å². The summed E-state index contributed by atoms with van der Waals surface area (Å²) in [4.78, 5) is 19.0. The number of nitrogens with zero attached hydrogens (tertiary/aromatic N) is 3. The molecule has 0 bridgehead atoms. The molecule has 0 radical (unpaired) electrons. The molecule has 144 valence electrons. The Kier molecular flexibility index (Phi) is 6.29. The molecule has 1 amide bonds. The van der Waals surface area contributed by atoms with Crippen LogP contribution in [0.25, 0.3) is 0 Å². The van der Waals surface area contributed by atoms with Gasteiger partial charge in [0.15, 0.2) is 5.13 Å². The van der Waals surface area contributed by atoms with Gasteiger partial charge in [-0.1, -0.05) is 20.8 Å². The van der Waals surface area contributed by atoms with Crippen LogP contribution in [-0.4, -0.2) is 42.9 Å². The number of nitrogens with one attached hydrogen (secondary N) is 1. The summed E-state index contributed by atoms with van der Waals surface area (Å²) in [5.74, 6) is 0.653. The molecule has 1 N–H and O–H groups in total. The molecule has 0 aromatic carbocycles. The Morgan fingerprint density at radius 2 is 2.04 bits per heavy atom. The van der Waals surface area contributed by atoms with E-state index in [0.29, 0.717) is 5.41 Å². The van der Waals surface area contributed by atoms with E-state index in [1.165, 1.54) is 0 Å². The maximum Gasteiger partial charge on any atom is 0.246 e. The minimum Gasteiger partial charge on any atom is -0.378 e. The van der Waals surface area contributed by atoms with E-state index in [9.17, 15) is 4.79 Å². The first-order valence-corrected chi connectivity index (χ1v) is 10.4. The lowest BCUT2D eigenvalue weighted by atomic mass is 9.72. The molecule has 6 nitrogen and oxygen atoms in total. The van der Waals surface area contributed by atoms with Crippen LogP contribution in [0.5, 0.6) is 0 Å². The van der Waals surface area contributed by atoms with E-state index >= 15 is 0 Å². The number of rotatable bonds is 4. The van der Waals surface area contributed by atoms with Crippen molar-refractivity contribution in [2.24, 2.45) is 16.4 Å². The summed E-state index contributed by atoms with van der Waals surface area (Å²) >= 11 is 1.59. The number of amides is 1. The smallest absolute Gasteiger partial charge is 0.246 e. The third-order valence-corrected chi connectivity index (χ3v) is 6.24. The molecule has 1 aliphatic carbocycles. The van der Waals surface area contributed by atoms with Crippen LogP contribution >= 0.6 is 11.3 Å². The summed E-state index contributed by atoms with van der Waals surface area (Å²) in [6.45, 7) is 10.1. The molecule has 1 aromatic rings. The van der Waals surface area contributed by atoms with Crippen molar-refractivity contribution in [3.63, 3.8) is 0 Å². The number of ether oxygens (including phenoxy) is 1. The minimum atomic E-state index is -0.0886. The van der Waals surface area contributed by atoms with Gasteiger partial charge in [0.2, 0.25) is 5.91 Å². The Labute approximate surface area is 160 Å². The molecule has 26 heavy (non-hydrogen) atoms. The first kappa shape index (κ1) is 19.3. The lowest BCUT2D eigenvalue weighted by molar-refractivity contribution is -0.120. The Morgan fingerprint density at radius 1 is 1.35 bits per heavy atom. The summed E-state index contributed by atoms with van der Waals surface area (Å²) < 4.78 is 5.36. The quantitative estimate of drug-likeness (QED) is 0.817. The van der Waals surface area contributed by atoms with Gasteiger partial charge >= 0.3 is 0 Å². The summed E-state index contributed by atoms with van der Waals surface area (Å²) in [6, 6.07) is 0. The highest BCUT2D eigenvalue weighted by Gasteiger charge is 2.28. The topological polar surface area (TPSA) is 66.8 Å². The van der Waals surface area contributed by atoms with Crippen molar-refractivity contribution in [2.75, 3.05) is 31.2 Å². The van der Waals surface area contributed by atoms with Crippen molar-refractivity contribution in [1.82, 2.24) is 10.4 Å². The normalized spacial score (nSPS) is 21.6. The number of thiazole rings is 1. The number of hydrogen-bond acceptors (Lipinski definition) is 6. The number of hydrazone groups is 1. The van der Waals surface area contributed by atoms with Crippen molar-refractivity contribution >= 4 is 28.1 Å². The lowest BCUT2D eigenvalue weighted by Crippen LogP contribution is -2.36. The Morgan fingerprint density at radius 3 is 2.69 bits per heavy atom. The summed E-state index contributed by atoms with van der Waals surface area (Å²) in [5.41, 5.74) is 5.01. The highest BCUT2D eigenvalue weighted by molar-refractivity contribution is 7.13. The van der Waals surface area contributed by atoms with Gasteiger partial charge in [-0.2, -0.15) is 5.10 Å². The minimum absolute atomic E-state index is 0.0886. The molecule has 1 aliphatic heterocycles. The van der Waals surface area contributed by atoms with Gasteiger partial charge in [-0.05, 0) is 37.0 Å². The fraction of sp³-hybridized carbons (Fsp3) is 0.737. The summed E-state index contributed by atoms with van der Waals surface area (Å²) in [7, 11) is 0. The van der Waals surface area contributed by atoms with Crippen molar-refractivity contribution < 1.29 is 9.53 Å². The zero-order valence-electron chi connectivity index (χ0n) is 16.1. The molecule has 2 heterocycles. The fourth-order valence-corrected chi connectivity index (χ4v) is 4.43. The van der Waals surface area contributed by atoms with Gasteiger partial charge in [0.1, 0.15) is 0 Å². The standard InChI is InChI=1S/C19H30N4O2S/c1-19(2,3)14-4-6-15(7-5-14)21-22-17(24)12-16-13-26-18(20-16)23-8-10-25-11-9-23/h13-14H,4-12H2,1-3H3,(H,22,24). The third kappa shape index (κ3) is 5.27. The van der Waals surface area contributed by atoms with Gasteiger partial charge in [0.25, 0.3) is 0 Å². The second-order valence-corrected chi connectivity index (χ2v) is 9.09. The van der Waals surface area contributed by atoms with Crippen LogP contribution in [0.1, 0.15) is 52.1 Å². The van der Waals surface area contributed by atoms with E-state index in [2.05, 4.69) is 41.2 Å². The first-order valence-electron chi connectivity index (χ1n) is 9.53. The molecule has 0 spiro atoms. The Bertz CT molecular complexity index is 634. The fourth-order valence-electron chi connectivity index (χ4n) is 3.55. The van der Waals surface area contributed by atoms with Crippen LogP contribution in [0.4, 0.5) is 5.13 Å². The molecular weight excluding hydrogens is 348 g/mol. The van der Waals surface area contributed by atoms with E-state index in [4.69, 9.17) is 4.74 Å². The number of morpholine rings is 1. The van der Waals surface area contributed by atoms with Gasteiger partial charge in [0.05, 0.1) is 25.3 Å². The summed E-state index contributed by atoms with van der Waals surface area (Å²) in [5, 5.41) is 7.30. The second-order valence-electron chi connectivity index (χ2n) is 8.25. The highest BCUT2D eigenvalue weighted by Crippen LogP contribution is 2.36. The van der Waals surface area contributed by atoms with Gasteiger partial charge in [-0.25, -0.2) is 10.4 Å². The number of carbonyl (C=O) groups is 1. The second kappa shape index (κ2) is 8.48. The van der Waals surface area contributed by atoms with Crippen molar-refractivity contribution in [3.8, 4) is 0 Å². The average Bonchev–Trinajstić information content (AvgIpc) is 3.09. The Balaban J connectivity index is 1.45. The number of carbonyl (C=O) groups excluding carboxylic acids is 1. The van der Waals surface area contributed by atoms with E-state index in [0.717, 1.165) is 74.4 Å². The predicted molar refractivity (Wildman–Crippen MR) is 106 cm³/mol. The van der Waals surface area contributed by atoms with Gasteiger partial charge in [-0.3, -0.25) is 4.79 Å².